The molecule has 1 unspecified atom stereocenters. The first-order chi connectivity index (χ1) is 13.6. The van der Waals surface area contributed by atoms with Gasteiger partial charge in [-0.2, -0.15) is 14.6 Å². The van der Waals surface area contributed by atoms with Gasteiger partial charge in [0.05, 0.1) is 23.2 Å². The number of amides is 1. The highest BCUT2D eigenvalue weighted by Crippen LogP contribution is 2.25. The van der Waals surface area contributed by atoms with E-state index in [4.69, 9.17) is 16.3 Å². The van der Waals surface area contributed by atoms with Gasteiger partial charge < -0.3 is 15.0 Å². The summed E-state index contributed by atoms with van der Waals surface area (Å²) in [5, 5.41) is 7.68. The molecule has 146 valence electrons. The molecular weight excluding hydrogens is 382 g/mol. The summed E-state index contributed by atoms with van der Waals surface area (Å²) in [6.45, 7) is 1.79. The van der Waals surface area contributed by atoms with Crippen molar-refractivity contribution in [2.24, 2.45) is 5.92 Å². The number of nitrogens with zero attached hydrogens (tertiary/aromatic N) is 6. The van der Waals surface area contributed by atoms with E-state index < -0.39 is 0 Å². The summed E-state index contributed by atoms with van der Waals surface area (Å²) >= 11 is 5.85. The van der Waals surface area contributed by atoms with Crippen molar-refractivity contribution in [1.29, 1.82) is 0 Å². The molecule has 1 amide bonds. The number of rotatable bonds is 5. The first kappa shape index (κ1) is 18.6. The molecular formula is C18H20ClN7O2. The van der Waals surface area contributed by atoms with Gasteiger partial charge in [0.25, 0.3) is 5.78 Å². The maximum absolute atomic E-state index is 12.7. The standard InChI is InChI=1S/C18H20ClN7O2/c1-28-10-14-7-16(26-18(23-14)21-11-22-26)25-6-2-3-12(9-25)17(27)24-15-5-4-13(19)8-20-15/h4-5,7-8,11-12H,2-3,6,9-10H2,1H3,(H,20,24,27). The molecule has 1 N–H and O–H groups in total. The molecule has 3 aromatic heterocycles. The number of hydrogen-bond acceptors (Lipinski definition) is 7. The number of pyridine rings is 1. The maximum Gasteiger partial charge on any atom is 0.254 e. The lowest BCUT2D eigenvalue weighted by Gasteiger charge is -2.33. The van der Waals surface area contributed by atoms with Crippen molar-refractivity contribution in [3.05, 3.63) is 41.4 Å². The van der Waals surface area contributed by atoms with Crippen molar-refractivity contribution in [2.45, 2.75) is 19.4 Å². The number of nitrogens with one attached hydrogen (secondary N) is 1. The van der Waals surface area contributed by atoms with Gasteiger partial charge in [0.15, 0.2) is 0 Å². The molecule has 0 aliphatic carbocycles. The molecule has 9 nitrogen and oxygen atoms in total. The molecule has 1 atom stereocenters. The second-order valence-electron chi connectivity index (χ2n) is 6.65. The number of halogens is 1. The van der Waals surface area contributed by atoms with Crippen molar-refractivity contribution in [2.75, 3.05) is 30.4 Å². The minimum absolute atomic E-state index is 0.0551. The molecule has 10 heteroatoms. The van der Waals surface area contributed by atoms with Crippen LogP contribution in [0.1, 0.15) is 18.5 Å². The highest BCUT2D eigenvalue weighted by molar-refractivity contribution is 6.30. The van der Waals surface area contributed by atoms with Crippen LogP contribution in [0.3, 0.4) is 0 Å². The van der Waals surface area contributed by atoms with E-state index in [-0.39, 0.29) is 11.8 Å². The summed E-state index contributed by atoms with van der Waals surface area (Å²) in [4.78, 5) is 27.6. The Labute approximate surface area is 166 Å². The molecule has 4 rings (SSSR count). The molecule has 1 saturated heterocycles. The third-order valence-electron chi connectivity index (χ3n) is 4.67. The fourth-order valence-electron chi connectivity index (χ4n) is 3.37. The Morgan fingerprint density at radius 2 is 2.29 bits per heavy atom. The smallest absolute Gasteiger partial charge is 0.254 e. The molecule has 28 heavy (non-hydrogen) atoms. The number of ether oxygens (including phenoxy) is 1. The minimum Gasteiger partial charge on any atom is -0.378 e. The summed E-state index contributed by atoms with van der Waals surface area (Å²) in [7, 11) is 1.63. The Morgan fingerprint density at radius 3 is 3.07 bits per heavy atom. The van der Waals surface area contributed by atoms with Crippen LogP contribution in [0.2, 0.25) is 5.02 Å². The van der Waals surface area contributed by atoms with Gasteiger partial charge in [-0.15, -0.1) is 0 Å². The Morgan fingerprint density at radius 1 is 1.39 bits per heavy atom. The number of aromatic nitrogens is 5. The van der Waals surface area contributed by atoms with Crippen LogP contribution in [0.25, 0.3) is 5.78 Å². The van der Waals surface area contributed by atoms with Gasteiger partial charge in [0.1, 0.15) is 18.0 Å². The lowest BCUT2D eigenvalue weighted by atomic mass is 9.97. The lowest BCUT2D eigenvalue weighted by molar-refractivity contribution is -0.120. The van der Waals surface area contributed by atoms with Crippen LogP contribution in [0.5, 0.6) is 0 Å². The van der Waals surface area contributed by atoms with Crippen molar-refractivity contribution < 1.29 is 9.53 Å². The van der Waals surface area contributed by atoms with Crippen LogP contribution >= 0.6 is 11.6 Å². The predicted molar refractivity (Wildman–Crippen MR) is 104 cm³/mol. The maximum atomic E-state index is 12.7. The zero-order valence-corrected chi connectivity index (χ0v) is 16.1. The number of methoxy groups -OCH3 is 1. The third kappa shape index (κ3) is 3.90. The topological polar surface area (TPSA) is 97.5 Å². The largest absolute Gasteiger partial charge is 0.378 e. The summed E-state index contributed by atoms with van der Waals surface area (Å²) in [6, 6.07) is 5.33. The number of fused-ring (bicyclic) bond motifs is 1. The minimum atomic E-state index is -0.163. The van der Waals surface area contributed by atoms with Gasteiger partial charge in [0.2, 0.25) is 5.91 Å². The first-order valence-corrected chi connectivity index (χ1v) is 9.38. The zero-order valence-electron chi connectivity index (χ0n) is 15.4. The highest BCUT2D eigenvalue weighted by Gasteiger charge is 2.28. The highest BCUT2D eigenvalue weighted by atomic mass is 35.5. The van der Waals surface area contributed by atoms with Crippen LogP contribution in [0.15, 0.2) is 30.7 Å². The molecule has 4 heterocycles. The number of anilines is 2. The molecule has 0 aromatic carbocycles. The van der Waals surface area contributed by atoms with Gasteiger partial charge in [-0.3, -0.25) is 4.79 Å². The third-order valence-corrected chi connectivity index (χ3v) is 4.90. The fourth-order valence-corrected chi connectivity index (χ4v) is 3.48. The second kappa shape index (κ2) is 8.07. The Kier molecular flexibility index (Phi) is 5.36. The van der Waals surface area contributed by atoms with Crippen LogP contribution in [-0.4, -0.2) is 50.7 Å². The number of carbonyl (C=O) groups excluding carboxylic acids is 1. The molecule has 1 fully saturated rings. The SMILES string of the molecule is COCc1cc(N2CCCC(C(=O)Nc3ccc(Cl)cn3)C2)n2ncnc2n1. The summed E-state index contributed by atoms with van der Waals surface area (Å²) in [5.74, 6) is 1.65. The van der Waals surface area contributed by atoms with E-state index in [0.29, 0.717) is 29.8 Å². The average molecular weight is 402 g/mol. The Hall–Kier alpha value is -2.78. The van der Waals surface area contributed by atoms with Gasteiger partial charge in [-0.25, -0.2) is 9.97 Å². The predicted octanol–water partition coefficient (Wildman–Crippen LogP) is 2.17. The normalized spacial score (nSPS) is 17.1. The molecule has 0 spiro atoms. The summed E-state index contributed by atoms with van der Waals surface area (Å²) in [5.41, 5.74) is 0.773. The van der Waals surface area contributed by atoms with Crippen LogP contribution < -0.4 is 10.2 Å². The second-order valence-corrected chi connectivity index (χ2v) is 7.08. The van der Waals surface area contributed by atoms with E-state index >= 15 is 0 Å². The van der Waals surface area contributed by atoms with Gasteiger partial charge in [0, 0.05) is 32.5 Å². The van der Waals surface area contributed by atoms with Crippen molar-refractivity contribution in [3.63, 3.8) is 0 Å². The van der Waals surface area contributed by atoms with Crippen LogP contribution in [0.4, 0.5) is 11.6 Å². The Balaban J connectivity index is 1.53. The van der Waals surface area contributed by atoms with E-state index in [1.807, 2.05) is 6.07 Å². The van der Waals surface area contributed by atoms with Crippen LogP contribution in [0, 0.1) is 5.92 Å². The van der Waals surface area contributed by atoms with Gasteiger partial charge in [-0.1, -0.05) is 11.6 Å². The molecule has 0 bridgehead atoms. The summed E-state index contributed by atoms with van der Waals surface area (Å²) in [6.07, 6.45) is 4.69. The molecule has 0 saturated carbocycles. The van der Waals surface area contributed by atoms with Gasteiger partial charge in [-0.05, 0) is 25.0 Å². The van der Waals surface area contributed by atoms with Crippen molar-refractivity contribution in [1.82, 2.24) is 24.6 Å². The van der Waals surface area contributed by atoms with Crippen molar-refractivity contribution in [3.8, 4) is 0 Å². The van der Waals surface area contributed by atoms with E-state index in [1.54, 1.807) is 23.8 Å². The number of hydrogen-bond donors (Lipinski definition) is 1. The molecule has 0 radical (unpaired) electrons. The first-order valence-electron chi connectivity index (χ1n) is 9.00. The van der Waals surface area contributed by atoms with Crippen molar-refractivity contribution >= 4 is 34.9 Å². The zero-order chi connectivity index (χ0) is 19.5. The van der Waals surface area contributed by atoms with E-state index in [0.717, 1.165) is 30.9 Å². The number of carbonyl (C=O) groups is 1. The van der Waals surface area contributed by atoms with E-state index in [9.17, 15) is 4.79 Å². The Bertz CT molecular complexity index is 976. The number of piperidine rings is 1. The van der Waals surface area contributed by atoms with Gasteiger partial charge >= 0.3 is 0 Å². The average Bonchev–Trinajstić information content (AvgIpc) is 3.18. The van der Waals surface area contributed by atoms with Crippen LogP contribution in [-0.2, 0) is 16.1 Å². The lowest BCUT2D eigenvalue weighted by Crippen LogP contribution is -2.41. The monoisotopic (exact) mass is 401 g/mol. The molecule has 1 aliphatic heterocycles. The molecule has 1 aliphatic rings. The van der Waals surface area contributed by atoms with E-state index in [1.165, 1.54) is 12.5 Å². The molecule has 3 aromatic rings. The fraction of sp³-hybridized carbons (Fsp3) is 0.389. The van der Waals surface area contributed by atoms with E-state index in [2.05, 4.69) is 30.3 Å². The quantitative estimate of drug-likeness (QED) is 0.699. The summed E-state index contributed by atoms with van der Waals surface area (Å²) < 4.78 is 6.91.